The van der Waals surface area contributed by atoms with E-state index in [1.807, 2.05) is 95.9 Å². The van der Waals surface area contributed by atoms with Crippen LogP contribution in [0.2, 0.25) is 0 Å². The van der Waals surface area contributed by atoms with Gasteiger partial charge in [0, 0.05) is 49.8 Å². The lowest BCUT2D eigenvalue weighted by Gasteiger charge is -2.46. The van der Waals surface area contributed by atoms with Gasteiger partial charge in [-0.05, 0) is 84.3 Å². The second-order valence-electron chi connectivity index (χ2n) is 17.7. The number of nitrogens with one attached hydrogen (secondary N) is 1. The zero-order valence-corrected chi connectivity index (χ0v) is 36.1. The fourth-order valence-electron chi connectivity index (χ4n) is 11.0. The van der Waals surface area contributed by atoms with Crippen LogP contribution in [-0.2, 0) is 24.5 Å². The normalized spacial score (nSPS) is 26.0. The highest BCUT2D eigenvalue weighted by Gasteiger charge is 2.74. The van der Waals surface area contributed by atoms with Crippen LogP contribution in [0.25, 0.3) is 0 Å². The zero-order chi connectivity index (χ0) is 44.5. The molecule has 6 atom stereocenters. The van der Waals surface area contributed by atoms with E-state index in [1.165, 1.54) is 0 Å². The Hall–Kier alpha value is -6.59. The molecule has 5 aliphatic rings. The number of anilines is 2. The first kappa shape index (κ1) is 42.4. The summed E-state index contributed by atoms with van der Waals surface area (Å²) >= 11 is 0. The number of hydrogen-bond acceptors (Lipinski definition) is 11. The number of benzene rings is 4. The number of piperazine rings is 1. The third-order valence-corrected chi connectivity index (χ3v) is 13.9. The number of morpholine rings is 1. The second-order valence-corrected chi connectivity index (χ2v) is 17.7. The van der Waals surface area contributed by atoms with Gasteiger partial charge in [0.05, 0.1) is 24.6 Å². The summed E-state index contributed by atoms with van der Waals surface area (Å²) < 4.78 is 12.4. The number of fused-ring (bicyclic) bond motifs is 3. The summed E-state index contributed by atoms with van der Waals surface area (Å²) in [4.78, 5) is 61.7. The number of cyclic esters (lactones) is 1. The van der Waals surface area contributed by atoms with Crippen molar-refractivity contribution in [3.05, 3.63) is 149 Å². The van der Waals surface area contributed by atoms with Crippen LogP contribution in [-0.4, -0.2) is 98.8 Å². The van der Waals surface area contributed by atoms with Crippen molar-refractivity contribution in [3.8, 4) is 17.6 Å². The standard InChI is InChI=1S/C52H52N6O7/c59-32-33-64-39-19-17-38(18-20-39)46-52(40-34-35(16-21-41(40)55-49(52)62)22-25-51(63)23-9-1-2-10-24-51)42(47(60)56-28-30-57(31-29-56)50-53-26-11-27-54-50)44-48(61)65-45(37-14-7-4-8-15-37)43(58(44)46)36-12-5-3-6-13-36/h3-8,11-21,26-27,34,42-46,59,63H,1-2,9-10,23-24,28-33H2,(H,55,62)/t42-,43-,44-,45+,46+,52-/m1/s1. The molecule has 65 heavy (non-hydrogen) atoms. The zero-order valence-electron chi connectivity index (χ0n) is 36.1. The summed E-state index contributed by atoms with van der Waals surface area (Å²) in [5.41, 5.74) is 1.13. The first-order chi connectivity index (χ1) is 31.8. The molecule has 0 bridgehead atoms. The van der Waals surface area contributed by atoms with E-state index in [0.717, 1.165) is 36.8 Å². The number of rotatable bonds is 8. The summed E-state index contributed by atoms with van der Waals surface area (Å²) in [7, 11) is 0. The van der Waals surface area contributed by atoms with Crippen LogP contribution < -0.4 is 15.0 Å². The van der Waals surface area contributed by atoms with Crippen molar-refractivity contribution in [1.29, 1.82) is 0 Å². The Morgan fingerprint density at radius 3 is 2.15 bits per heavy atom. The number of aromatic nitrogens is 2. The number of aliphatic hydroxyl groups excluding tert-OH is 1. The molecule has 3 saturated heterocycles. The van der Waals surface area contributed by atoms with E-state index in [9.17, 15) is 10.2 Å². The Morgan fingerprint density at radius 2 is 1.48 bits per heavy atom. The van der Waals surface area contributed by atoms with E-state index < -0.39 is 53.0 Å². The van der Waals surface area contributed by atoms with Gasteiger partial charge in [-0.3, -0.25) is 19.3 Å². The smallest absolute Gasteiger partial charge is 0.324 e. The number of amides is 2. The van der Waals surface area contributed by atoms with E-state index in [-0.39, 0.29) is 19.1 Å². The number of ether oxygens (including phenoxy) is 2. The van der Waals surface area contributed by atoms with Gasteiger partial charge < -0.3 is 34.8 Å². The van der Waals surface area contributed by atoms with Gasteiger partial charge in [0.1, 0.15) is 35.5 Å². The Balaban J connectivity index is 1.18. The summed E-state index contributed by atoms with van der Waals surface area (Å²) in [6, 6.07) is 31.3. The Morgan fingerprint density at radius 1 is 0.800 bits per heavy atom. The molecule has 1 saturated carbocycles. The van der Waals surface area contributed by atoms with E-state index in [4.69, 9.17) is 9.47 Å². The third kappa shape index (κ3) is 7.69. The van der Waals surface area contributed by atoms with Crippen molar-refractivity contribution < 1.29 is 34.1 Å². The van der Waals surface area contributed by atoms with Crippen molar-refractivity contribution >= 4 is 29.4 Å². The third-order valence-electron chi connectivity index (χ3n) is 13.9. The fraction of sp³-hybridized carbons (Fsp3) is 0.365. The molecular formula is C52H52N6O7. The lowest BCUT2D eigenvalue weighted by atomic mass is 9.65. The fourth-order valence-corrected chi connectivity index (χ4v) is 11.0. The van der Waals surface area contributed by atoms with Gasteiger partial charge in [-0.15, -0.1) is 0 Å². The quantitative estimate of drug-likeness (QED) is 0.0969. The SMILES string of the molecule is O=C1O[C@@H](c2ccccc2)[C@@H](c2ccccc2)N2[C@@H](c3ccc(OCCO)cc3)[C@]3(C(=O)Nc4ccc(C#CC5(O)CCCCCC5)cc43)[C@@H](C(=O)N3CCN(c4ncccn4)CC3)[C@H]12. The molecule has 1 spiro atoms. The lowest BCUT2D eigenvalue weighted by Crippen LogP contribution is -2.58. The van der Waals surface area contributed by atoms with Crippen molar-refractivity contribution in [2.75, 3.05) is 49.6 Å². The van der Waals surface area contributed by atoms with Gasteiger partial charge in [-0.25, -0.2) is 9.97 Å². The highest BCUT2D eigenvalue weighted by Crippen LogP contribution is 2.65. The molecule has 4 fully saturated rings. The number of aliphatic hydroxyl groups is 2. The van der Waals surface area contributed by atoms with Crippen molar-refractivity contribution in [2.24, 2.45) is 5.92 Å². The molecule has 0 radical (unpaired) electrons. The number of hydrogen-bond donors (Lipinski definition) is 3. The number of carbonyl (C=O) groups excluding carboxylic acids is 3. The molecule has 5 heterocycles. The molecule has 1 aliphatic carbocycles. The topological polar surface area (TPSA) is 158 Å². The molecule has 13 nitrogen and oxygen atoms in total. The van der Waals surface area contributed by atoms with E-state index in [0.29, 0.717) is 73.1 Å². The number of carbonyl (C=O) groups is 3. The lowest BCUT2D eigenvalue weighted by molar-refractivity contribution is -0.179. The van der Waals surface area contributed by atoms with E-state index >= 15 is 14.4 Å². The highest BCUT2D eigenvalue weighted by atomic mass is 16.6. The van der Waals surface area contributed by atoms with Crippen LogP contribution >= 0.6 is 0 Å². The molecule has 4 aliphatic heterocycles. The molecule has 5 aromatic rings. The molecule has 1 aromatic heterocycles. The maximum atomic E-state index is 16.0. The minimum atomic E-state index is -1.70. The van der Waals surface area contributed by atoms with Crippen LogP contribution in [0.3, 0.4) is 0 Å². The molecule has 332 valence electrons. The molecule has 10 rings (SSSR count). The number of nitrogens with zero attached hydrogens (tertiary/aromatic N) is 5. The van der Waals surface area contributed by atoms with Crippen LogP contribution in [0.4, 0.5) is 11.6 Å². The van der Waals surface area contributed by atoms with Crippen LogP contribution in [0.15, 0.2) is 122 Å². The maximum Gasteiger partial charge on any atom is 0.324 e. The molecule has 0 unspecified atom stereocenters. The minimum Gasteiger partial charge on any atom is -0.491 e. The average Bonchev–Trinajstić information content (AvgIpc) is 3.71. The van der Waals surface area contributed by atoms with Crippen LogP contribution in [0, 0.1) is 17.8 Å². The minimum absolute atomic E-state index is 0.0938. The summed E-state index contributed by atoms with van der Waals surface area (Å²) in [6.45, 7) is 1.43. The molecular weight excluding hydrogens is 821 g/mol. The highest BCUT2D eigenvalue weighted by molar-refractivity contribution is 6.12. The van der Waals surface area contributed by atoms with Crippen molar-refractivity contribution in [3.63, 3.8) is 0 Å². The Labute approximate surface area is 378 Å². The van der Waals surface area contributed by atoms with Gasteiger partial charge in [-0.2, -0.15) is 0 Å². The Bertz CT molecular complexity index is 2590. The van der Waals surface area contributed by atoms with Gasteiger partial charge in [-0.1, -0.05) is 97.5 Å². The predicted octanol–water partition coefficient (Wildman–Crippen LogP) is 5.90. The van der Waals surface area contributed by atoms with Gasteiger partial charge >= 0.3 is 5.97 Å². The first-order valence-electron chi connectivity index (χ1n) is 22.7. The molecule has 2 amide bonds. The number of esters is 1. The summed E-state index contributed by atoms with van der Waals surface area (Å²) in [5, 5.41) is 24.4. The van der Waals surface area contributed by atoms with Gasteiger partial charge in [0.25, 0.3) is 0 Å². The summed E-state index contributed by atoms with van der Waals surface area (Å²) in [5.74, 6) is 4.96. The largest absolute Gasteiger partial charge is 0.491 e. The van der Waals surface area contributed by atoms with Gasteiger partial charge in [0.2, 0.25) is 17.8 Å². The van der Waals surface area contributed by atoms with Crippen LogP contribution in [0.1, 0.15) is 84.5 Å². The first-order valence-corrected chi connectivity index (χ1v) is 22.7. The molecule has 13 heteroatoms. The molecule has 4 aromatic carbocycles. The van der Waals surface area contributed by atoms with Gasteiger partial charge in [0.15, 0.2) is 0 Å². The average molecular weight is 873 g/mol. The maximum absolute atomic E-state index is 16.0. The van der Waals surface area contributed by atoms with E-state index in [1.54, 1.807) is 35.5 Å². The second kappa shape index (κ2) is 17.8. The Kier molecular flexibility index (Phi) is 11.6. The van der Waals surface area contributed by atoms with E-state index in [2.05, 4.69) is 32.0 Å². The van der Waals surface area contributed by atoms with Crippen LogP contribution in [0.5, 0.6) is 5.75 Å². The molecule has 3 N–H and O–H groups in total. The monoisotopic (exact) mass is 872 g/mol. The van der Waals surface area contributed by atoms with Crippen molar-refractivity contribution in [2.45, 2.75) is 73.8 Å². The predicted molar refractivity (Wildman–Crippen MR) is 242 cm³/mol. The van der Waals surface area contributed by atoms with Crippen molar-refractivity contribution in [1.82, 2.24) is 19.8 Å². The summed E-state index contributed by atoms with van der Waals surface area (Å²) in [6.07, 6.45) is 7.61.